The highest BCUT2D eigenvalue weighted by Crippen LogP contribution is 2.03. The molecule has 0 saturated heterocycles. The van der Waals surface area contributed by atoms with Crippen LogP contribution in [0.3, 0.4) is 0 Å². The first-order valence-corrected chi connectivity index (χ1v) is 5.66. The van der Waals surface area contributed by atoms with Crippen LogP contribution < -0.4 is 5.32 Å². The smallest absolute Gasteiger partial charge is 0.0890 e. The lowest BCUT2D eigenvalue weighted by atomic mass is 10.3. The molecule has 0 radical (unpaired) electrons. The van der Waals surface area contributed by atoms with Gasteiger partial charge in [0.15, 0.2) is 0 Å². The van der Waals surface area contributed by atoms with Crippen molar-refractivity contribution in [3.63, 3.8) is 0 Å². The van der Waals surface area contributed by atoms with Crippen LogP contribution in [0.2, 0.25) is 0 Å². The lowest BCUT2D eigenvalue weighted by Crippen LogP contribution is -2.26. The summed E-state index contributed by atoms with van der Waals surface area (Å²) in [6.45, 7) is 6.77. The average Bonchev–Trinajstić information content (AvgIpc) is 2.58. The van der Waals surface area contributed by atoms with Crippen molar-refractivity contribution in [3.05, 3.63) is 12.4 Å². The standard InChI is InChI=1S/C11H23N3/c1-3-4-6-12-7-5-8-14-10-9-13(2)11-14/h9-10,12H,3-8,11H2,1-2H3. The van der Waals surface area contributed by atoms with Crippen molar-refractivity contribution in [2.75, 3.05) is 33.4 Å². The third kappa shape index (κ3) is 4.51. The summed E-state index contributed by atoms with van der Waals surface area (Å²) in [4.78, 5) is 4.55. The number of nitrogens with one attached hydrogen (secondary N) is 1. The molecule has 0 aliphatic carbocycles. The van der Waals surface area contributed by atoms with Crippen molar-refractivity contribution >= 4 is 0 Å². The predicted molar refractivity (Wildman–Crippen MR) is 60.9 cm³/mol. The van der Waals surface area contributed by atoms with Crippen molar-refractivity contribution in [1.29, 1.82) is 0 Å². The molecule has 0 aromatic rings. The van der Waals surface area contributed by atoms with Gasteiger partial charge in [0.25, 0.3) is 0 Å². The number of nitrogens with zero attached hydrogens (tertiary/aromatic N) is 2. The maximum absolute atomic E-state index is 3.46. The highest BCUT2D eigenvalue weighted by Gasteiger charge is 2.06. The second-order valence-corrected chi connectivity index (χ2v) is 3.97. The number of unbranched alkanes of at least 4 members (excludes halogenated alkanes) is 1. The monoisotopic (exact) mass is 197 g/mol. The minimum atomic E-state index is 1.05. The van der Waals surface area contributed by atoms with Gasteiger partial charge in [-0.15, -0.1) is 0 Å². The number of hydrogen-bond acceptors (Lipinski definition) is 3. The van der Waals surface area contributed by atoms with E-state index in [-0.39, 0.29) is 0 Å². The summed E-state index contributed by atoms with van der Waals surface area (Å²) in [5.74, 6) is 0. The molecule has 1 N–H and O–H groups in total. The molecule has 1 aliphatic heterocycles. The Bertz CT molecular complexity index is 168. The molecule has 0 unspecified atom stereocenters. The van der Waals surface area contributed by atoms with Crippen molar-refractivity contribution in [3.8, 4) is 0 Å². The Labute approximate surface area is 87.8 Å². The van der Waals surface area contributed by atoms with Crippen LogP contribution in [-0.2, 0) is 0 Å². The predicted octanol–water partition coefficient (Wildman–Crippen LogP) is 1.44. The Morgan fingerprint density at radius 1 is 1.21 bits per heavy atom. The summed E-state index contributed by atoms with van der Waals surface area (Å²) in [6.07, 6.45) is 8.12. The summed E-state index contributed by atoms with van der Waals surface area (Å²) in [7, 11) is 2.11. The third-order valence-corrected chi connectivity index (χ3v) is 2.44. The van der Waals surface area contributed by atoms with E-state index in [4.69, 9.17) is 0 Å². The van der Waals surface area contributed by atoms with E-state index in [0.717, 1.165) is 13.2 Å². The van der Waals surface area contributed by atoms with Gasteiger partial charge < -0.3 is 15.1 Å². The van der Waals surface area contributed by atoms with Crippen molar-refractivity contribution in [2.24, 2.45) is 0 Å². The Morgan fingerprint density at radius 3 is 2.64 bits per heavy atom. The highest BCUT2D eigenvalue weighted by molar-refractivity contribution is 4.88. The molecule has 1 rings (SSSR count). The lowest BCUT2D eigenvalue weighted by Gasteiger charge is -2.17. The Balaban J connectivity index is 1.87. The second kappa shape index (κ2) is 6.71. The van der Waals surface area contributed by atoms with Gasteiger partial charge in [-0.25, -0.2) is 0 Å². The van der Waals surface area contributed by atoms with Gasteiger partial charge in [0.1, 0.15) is 0 Å². The van der Waals surface area contributed by atoms with Crippen molar-refractivity contribution in [1.82, 2.24) is 15.1 Å². The molecule has 3 nitrogen and oxygen atoms in total. The van der Waals surface area contributed by atoms with Crippen LogP contribution in [0.1, 0.15) is 26.2 Å². The zero-order chi connectivity index (χ0) is 10.2. The first-order chi connectivity index (χ1) is 6.83. The van der Waals surface area contributed by atoms with Crippen LogP contribution in [-0.4, -0.2) is 43.2 Å². The normalized spacial score (nSPS) is 15.6. The first kappa shape index (κ1) is 11.4. The number of rotatable bonds is 7. The fourth-order valence-corrected chi connectivity index (χ4v) is 1.57. The summed E-state index contributed by atoms with van der Waals surface area (Å²) >= 11 is 0. The summed E-state index contributed by atoms with van der Waals surface area (Å²) in [6, 6.07) is 0. The van der Waals surface area contributed by atoms with Gasteiger partial charge in [-0.3, -0.25) is 0 Å². The van der Waals surface area contributed by atoms with Crippen LogP contribution in [0.5, 0.6) is 0 Å². The van der Waals surface area contributed by atoms with E-state index < -0.39 is 0 Å². The van der Waals surface area contributed by atoms with E-state index >= 15 is 0 Å². The van der Waals surface area contributed by atoms with Crippen molar-refractivity contribution < 1.29 is 0 Å². The summed E-state index contributed by atoms with van der Waals surface area (Å²) < 4.78 is 0. The SMILES string of the molecule is CCCCNCCCN1C=CN(C)C1. The largest absolute Gasteiger partial charge is 0.362 e. The van der Waals surface area contributed by atoms with E-state index in [1.807, 2.05) is 0 Å². The van der Waals surface area contributed by atoms with E-state index in [0.29, 0.717) is 0 Å². The molecular formula is C11H23N3. The van der Waals surface area contributed by atoms with Crippen molar-refractivity contribution in [2.45, 2.75) is 26.2 Å². The molecule has 82 valence electrons. The molecule has 0 aromatic heterocycles. The van der Waals surface area contributed by atoms with Gasteiger partial charge >= 0.3 is 0 Å². The van der Waals surface area contributed by atoms with Crippen LogP contribution in [0.25, 0.3) is 0 Å². The summed E-state index contributed by atoms with van der Waals surface area (Å²) in [5.41, 5.74) is 0. The Morgan fingerprint density at radius 2 is 2.00 bits per heavy atom. The molecule has 0 aromatic carbocycles. The topological polar surface area (TPSA) is 18.5 Å². The van der Waals surface area contributed by atoms with Crippen LogP contribution >= 0.6 is 0 Å². The molecule has 1 heterocycles. The van der Waals surface area contributed by atoms with Gasteiger partial charge in [-0.1, -0.05) is 13.3 Å². The molecule has 3 heteroatoms. The molecule has 0 amide bonds. The minimum Gasteiger partial charge on any atom is -0.362 e. The minimum absolute atomic E-state index is 1.05. The van der Waals surface area contributed by atoms with Gasteiger partial charge in [-0.2, -0.15) is 0 Å². The summed E-state index contributed by atoms with van der Waals surface area (Å²) in [5, 5.41) is 3.46. The zero-order valence-corrected chi connectivity index (χ0v) is 9.50. The van der Waals surface area contributed by atoms with Gasteiger partial charge in [0.05, 0.1) is 6.67 Å². The van der Waals surface area contributed by atoms with Crippen LogP contribution in [0, 0.1) is 0 Å². The molecular weight excluding hydrogens is 174 g/mol. The molecule has 14 heavy (non-hydrogen) atoms. The van der Waals surface area contributed by atoms with Crippen LogP contribution in [0.4, 0.5) is 0 Å². The quantitative estimate of drug-likeness (QED) is 0.623. The van der Waals surface area contributed by atoms with E-state index in [9.17, 15) is 0 Å². The fourth-order valence-electron chi connectivity index (χ4n) is 1.57. The first-order valence-electron chi connectivity index (χ1n) is 5.66. The average molecular weight is 197 g/mol. The molecule has 1 aliphatic rings. The molecule has 0 saturated carbocycles. The maximum Gasteiger partial charge on any atom is 0.0890 e. The number of hydrogen-bond donors (Lipinski definition) is 1. The third-order valence-electron chi connectivity index (χ3n) is 2.44. The van der Waals surface area contributed by atoms with Gasteiger partial charge in [0.2, 0.25) is 0 Å². The Hall–Kier alpha value is -0.700. The molecule has 0 atom stereocenters. The van der Waals surface area contributed by atoms with Gasteiger partial charge in [0, 0.05) is 26.0 Å². The lowest BCUT2D eigenvalue weighted by molar-refractivity contribution is 0.292. The zero-order valence-electron chi connectivity index (χ0n) is 9.50. The highest BCUT2D eigenvalue weighted by atomic mass is 15.3. The molecule has 0 bridgehead atoms. The Kier molecular flexibility index (Phi) is 5.45. The second-order valence-electron chi connectivity index (χ2n) is 3.97. The fraction of sp³-hybridized carbons (Fsp3) is 0.818. The van der Waals surface area contributed by atoms with E-state index in [1.54, 1.807) is 0 Å². The van der Waals surface area contributed by atoms with Crippen LogP contribution in [0.15, 0.2) is 12.4 Å². The maximum atomic E-state index is 3.46. The van der Waals surface area contributed by atoms with Gasteiger partial charge in [-0.05, 0) is 25.9 Å². The van der Waals surface area contributed by atoms with E-state index in [2.05, 4.69) is 41.5 Å². The van der Waals surface area contributed by atoms with E-state index in [1.165, 1.54) is 32.4 Å². The molecule has 0 fully saturated rings. The molecule has 0 spiro atoms.